The third-order valence-corrected chi connectivity index (χ3v) is 12.6. The molecular formula is C41H47BrO3S2Si2. The number of rotatable bonds is 4. The molecule has 0 saturated heterocycles. The van der Waals surface area contributed by atoms with Crippen molar-refractivity contribution < 1.29 is 14.3 Å². The van der Waals surface area contributed by atoms with Crippen LogP contribution in [0.1, 0.15) is 92.9 Å². The summed E-state index contributed by atoms with van der Waals surface area (Å²) in [5.41, 5.74) is 15.1. The average Bonchev–Trinajstić information content (AvgIpc) is 3.64. The normalized spacial score (nSPS) is 16.6. The second-order valence-electron chi connectivity index (χ2n) is 14.7. The second kappa shape index (κ2) is 16.9. The van der Waals surface area contributed by atoms with Crippen molar-refractivity contribution in [3.05, 3.63) is 111 Å². The molecule has 0 saturated carbocycles. The second-order valence-corrected chi connectivity index (χ2v) is 27.7. The summed E-state index contributed by atoms with van der Waals surface area (Å²) in [5, 5.41) is 0. The van der Waals surface area contributed by atoms with Gasteiger partial charge in [-0.05, 0) is 109 Å². The Labute approximate surface area is 312 Å². The lowest BCUT2D eigenvalue weighted by atomic mass is 9.79. The molecule has 49 heavy (non-hydrogen) atoms. The maximum absolute atomic E-state index is 11.1. The van der Waals surface area contributed by atoms with E-state index in [0.29, 0.717) is 12.5 Å². The molecule has 2 aromatic carbocycles. The number of hydrogen-bond donors (Lipinski definition) is 0. The maximum atomic E-state index is 11.1. The Bertz CT molecular complexity index is 1910. The van der Waals surface area contributed by atoms with Gasteiger partial charge >= 0.3 is 0 Å². The number of carbonyl (C=O) groups is 2. The number of terminal acetylenes is 1. The van der Waals surface area contributed by atoms with Gasteiger partial charge in [-0.1, -0.05) is 73.3 Å². The first-order chi connectivity index (χ1) is 23.1. The van der Waals surface area contributed by atoms with Crippen LogP contribution in [0.2, 0.25) is 39.3 Å². The van der Waals surface area contributed by atoms with Gasteiger partial charge in [-0.25, -0.2) is 0 Å². The SMILES string of the molecule is C#C[Si](C)(C)C.Cc1sc(C=O)cc1C1CCCc2ccc(Br)cc21.Cc1sc(C=O)cc1C1OCCc2ccc(C#C[Si](C)(C)C)cc21. The zero-order chi connectivity index (χ0) is 35.9. The highest BCUT2D eigenvalue weighted by molar-refractivity contribution is 9.10. The van der Waals surface area contributed by atoms with Gasteiger partial charge in [0, 0.05) is 25.7 Å². The zero-order valence-electron chi connectivity index (χ0n) is 30.0. The molecule has 1 aliphatic heterocycles. The molecule has 0 radical (unpaired) electrons. The van der Waals surface area contributed by atoms with Crippen LogP contribution in [0.5, 0.6) is 0 Å². The molecule has 2 aliphatic rings. The number of fused-ring (bicyclic) bond motifs is 2. The van der Waals surface area contributed by atoms with E-state index in [4.69, 9.17) is 11.2 Å². The van der Waals surface area contributed by atoms with E-state index in [9.17, 15) is 9.59 Å². The van der Waals surface area contributed by atoms with Gasteiger partial charge in [0.1, 0.15) is 22.3 Å². The van der Waals surface area contributed by atoms with E-state index >= 15 is 0 Å². The predicted octanol–water partition coefficient (Wildman–Crippen LogP) is 11.4. The molecule has 4 aromatic rings. The fraction of sp³-hybridized carbons (Fsp3) is 0.366. The van der Waals surface area contributed by atoms with Gasteiger partial charge in [0.05, 0.1) is 16.4 Å². The molecule has 8 heteroatoms. The molecule has 1 aliphatic carbocycles. The number of benzene rings is 2. The highest BCUT2D eigenvalue weighted by Gasteiger charge is 2.26. The van der Waals surface area contributed by atoms with Gasteiger partial charge in [-0.3, -0.25) is 9.59 Å². The zero-order valence-corrected chi connectivity index (χ0v) is 35.2. The fourth-order valence-corrected chi connectivity index (χ4v) is 8.57. The number of hydrogen-bond acceptors (Lipinski definition) is 5. The summed E-state index contributed by atoms with van der Waals surface area (Å²) in [6.45, 7) is 18.1. The van der Waals surface area contributed by atoms with Crippen molar-refractivity contribution in [1.82, 2.24) is 0 Å². The first-order valence-corrected chi connectivity index (χ1v) is 26.2. The van der Waals surface area contributed by atoms with Gasteiger partial charge in [0.25, 0.3) is 0 Å². The number of halogens is 1. The van der Waals surface area contributed by atoms with Crippen molar-refractivity contribution >= 4 is 67.3 Å². The lowest BCUT2D eigenvalue weighted by molar-refractivity contribution is 0.0697. The van der Waals surface area contributed by atoms with E-state index in [2.05, 4.69) is 129 Å². The van der Waals surface area contributed by atoms with Crippen LogP contribution >= 0.6 is 38.6 Å². The number of ether oxygens (including phenoxy) is 1. The van der Waals surface area contributed by atoms with Gasteiger partial charge in [0.2, 0.25) is 0 Å². The van der Waals surface area contributed by atoms with Crippen molar-refractivity contribution in [3.63, 3.8) is 0 Å². The smallest absolute Gasteiger partial charge is 0.160 e. The molecule has 6 rings (SSSR count). The molecule has 0 amide bonds. The molecule has 2 atom stereocenters. The Kier molecular flexibility index (Phi) is 13.5. The van der Waals surface area contributed by atoms with E-state index in [1.165, 1.54) is 63.3 Å². The summed E-state index contributed by atoms with van der Waals surface area (Å²) in [6.07, 6.45) is 11.4. The Morgan fingerprint density at radius 2 is 1.39 bits per heavy atom. The minimum atomic E-state index is -1.40. The minimum absolute atomic E-state index is 0.0904. The van der Waals surface area contributed by atoms with Gasteiger partial charge < -0.3 is 4.74 Å². The quantitative estimate of drug-likeness (QED) is 0.118. The third kappa shape index (κ3) is 10.8. The summed E-state index contributed by atoms with van der Waals surface area (Å²) < 4.78 is 7.22. The van der Waals surface area contributed by atoms with Crippen LogP contribution in [0.3, 0.4) is 0 Å². The van der Waals surface area contributed by atoms with Crippen molar-refractivity contribution in [2.24, 2.45) is 0 Å². The predicted molar refractivity (Wildman–Crippen MR) is 218 cm³/mol. The van der Waals surface area contributed by atoms with E-state index < -0.39 is 16.1 Å². The standard InChI is InChI=1S/C20H22O2SSi.C16H15BrOS.C5H10Si/c1-14-18(12-17(13-21)23-14)20-19-11-15(8-10-24(2,3)4)5-6-16(19)7-9-22-20;1-10-15(8-13(9-18)19-10)14-4-2-3-11-5-6-12(17)7-16(11)14;1-5-6(2,3)4/h5-6,11-13,20H,7,9H2,1-4H3;5-9,14H,2-4H2,1H3;1H,2-4H3. The lowest BCUT2D eigenvalue weighted by Gasteiger charge is -2.26. The summed E-state index contributed by atoms with van der Waals surface area (Å²) in [4.78, 5) is 26.1. The van der Waals surface area contributed by atoms with Crippen LogP contribution < -0.4 is 0 Å². The summed E-state index contributed by atoms with van der Waals surface area (Å²) in [6, 6.07) is 17.1. The van der Waals surface area contributed by atoms with E-state index in [-0.39, 0.29) is 6.10 Å². The minimum Gasteiger partial charge on any atom is -0.368 e. The fourth-order valence-electron chi connectivity index (χ4n) is 5.89. The highest BCUT2D eigenvalue weighted by Crippen LogP contribution is 2.41. The number of aryl methyl sites for hydroxylation is 3. The van der Waals surface area contributed by atoms with Gasteiger partial charge in [0.15, 0.2) is 12.6 Å². The van der Waals surface area contributed by atoms with Crippen LogP contribution in [0, 0.1) is 37.3 Å². The first kappa shape index (κ1) is 39.0. The molecular weight excluding hydrogens is 741 g/mol. The monoisotopic (exact) mass is 786 g/mol. The number of thiophene rings is 2. The molecule has 2 aromatic heterocycles. The summed E-state index contributed by atoms with van der Waals surface area (Å²) in [5.74, 6) is 3.79. The van der Waals surface area contributed by atoms with Crippen LogP contribution in [0.15, 0.2) is 53.0 Å². The molecule has 0 bridgehead atoms. The molecule has 0 fully saturated rings. The summed E-state index contributed by atoms with van der Waals surface area (Å²) in [7, 11) is -2.50. The highest BCUT2D eigenvalue weighted by atomic mass is 79.9. The number of aldehydes is 2. The first-order valence-electron chi connectivity index (χ1n) is 16.8. The third-order valence-electron chi connectivity index (χ3n) is 8.36. The molecule has 3 nitrogen and oxygen atoms in total. The molecule has 2 unspecified atom stereocenters. The van der Waals surface area contributed by atoms with Crippen molar-refractivity contribution in [3.8, 4) is 23.4 Å². The van der Waals surface area contributed by atoms with Crippen molar-refractivity contribution in [2.75, 3.05) is 6.61 Å². The van der Waals surface area contributed by atoms with Crippen molar-refractivity contribution in [1.29, 1.82) is 0 Å². The number of carbonyl (C=O) groups excluding carboxylic acids is 2. The van der Waals surface area contributed by atoms with Crippen LogP contribution in [0.4, 0.5) is 0 Å². The lowest BCUT2D eigenvalue weighted by Crippen LogP contribution is -2.18. The summed E-state index contributed by atoms with van der Waals surface area (Å²) >= 11 is 6.71. The van der Waals surface area contributed by atoms with Gasteiger partial charge in [-0.15, -0.1) is 40.2 Å². The average molecular weight is 788 g/mol. The largest absolute Gasteiger partial charge is 0.368 e. The molecule has 256 valence electrons. The topological polar surface area (TPSA) is 43.4 Å². The molecule has 0 N–H and O–H groups in total. The maximum Gasteiger partial charge on any atom is 0.160 e. The molecule has 0 spiro atoms. The van der Waals surface area contributed by atoms with Crippen LogP contribution in [-0.2, 0) is 17.6 Å². The van der Waals surface area contributed by atoms with Crippen LogP contribution in [0.25, 0.3) is 0 Å². The Morgan fingerprint density at radius 1 is 0.796 bits per heavy atom. The van der Waals surface area contributed by atoms with E-state index in [0.717, 1.165) is 49.2 Å². The Balaban J connectivity index is 0.000000193. The Hall–Kier alpha value is -2.83. The van der Waals surface area contributed by atoms with Gasteiger partial charge in [-0.2, -0.15) is 0 Å². The Morgan fingerprint density at radius 3 is 1.98 bits per heavy atom. The van der Waals surface area contributed by atoms with E-state index in [1.807, 2.05) is 6.07 Å². The molecule has 3 heterocycles. The van der Waals surface area contributed by atoms with Crippen LogP contribution in [-0.4, -0.2) is 35.3 Å². The van der Waals surface area contributed by atoms with E-state index in [1.54, 1.807) is 11.3 Å². The van der Waals surface area contributed by atoms with Crippen molar-refractivity contribution in [2.45, 2.75) is 90.8 Å².